The Balaban J connectivity index is 2.53. The van der Waals surface area contributed by atoms with Crippen LogP contribution in [-0.2, 0) is 23.8 Å². The largest absolute Gasteiger partial charge is 0.469 e. The van der Waals surface area contributed by atoms with Crippen LogP contribution in [0.3, 0.4) is 0 Å². The maximum Gasteiger partial charge on any atom is 0.363 e. The molecule has 1 saturated heterocycles. The standard InChI is InChI=1S/C10H12ClNO5/c1-9-4-5(6(13)15-2)10(16-3,8(14)17-9)12-7(9)11/h5H,4H2,1-3H3/t5-,9-,10+/m0/s1. The molecule has 6 nitrogen and oxygen atoms in total. The number of methoxy groups -OCH3 is 2. The second-order valence-electron chi connectivity index (χ2n) is 4.20. The zero-order chi connectivity index (χ0) is 12.8. The summed E-state index contributed by atoms with van der Waals surface area (Å²) in [6.07, 6.45) is 0.196. The van der Waals surface area contributed by atoms with E-state index in [2.05, 4.69) is 9.73 Å². The Hall–Kier alpha value is -1.14. The van der Waals surface area contributed by atoms with Gasteiger partial charge in [-0.15, -0.1) is 0 Å². The summed E-state index contributed by atoms with van der Waals surface area (Å²) in [5.41, 5.74) is -2.78. The van der Waals surface area contributed by atoms with E-state index < -0.39 is 29.2 Å². The molecule has 7 heteroatoms. The van der Waals surface area contributed by atoms with Gasteiger partial charge in [-0.25, -0.2) is 9.79 Å². The number of rotatable bonds is 2. The molecule has 0 unspecified atom stereocenters. The van der Waals surface area contributed by atoms with Gasteiger partial charge in [-0.05, 0) is 6.92 Å². The second-order valence-corrected chi connectivity index (χ2v) is 4.56. The van der Waals surface area contributed by atoms with Crippen LogP contribution >= 0.6 is 11.6 Å². The molecule has 0 aromatic carbocycles. The summed E-state index contributed by atoms with van der Waals surface area (Å²) < 4.78 is 14.9. The highest BCUT2D eigenvalue weighted by Gasteiger charge is 2.65. The number of halogens is 1. The minimum absolute atomic E-state index is 0.124. The van der Waals surface area contributed by atoms with Crippen LogP contribution in [0.2, 0.25) is 0 Å². The van der Waals surface area contributed by atoms with Crippen LogP contribution in [0.4, 0.5) is 0 Å². The van der Waals surface area contributed by atoms with Crippen molar-refractivity contribution < 1.29 is 23.8 Å². The van der Waals surface area contributed by atoms with Gasteiger partial charge >= 0.3 is 11.9 Å². The molecule has 1 fully saturated rings. The summed E-state index contributed by atoms with van der Waals surface area (Å²) in [6, 6.07) is 0. The SMILES string of the molecule is COC(=O)[C@@H]1C[C@]2(C)OC(=O)[C@@]1(OC)N=C2Cl. The molecule has 0 spiro atoms. The molecule has 3 rings (SSSR count). The van der Waals surface area contributed by atoms with Gasteiger partial charge in [0.1, 0.15) is 11.1 Å². The smallest absolute Gasteiger partial charge is 0.363 e. The van der Waals surface area contributed by atoms with Gasteiger partial charge in [0.05, 0.1) is 7.11 Å². The van der Waals surface area contributed by atoms with Gasteiger partial charge in [-0.2, -0.15) is 0 Å². The Kier molecular flexibility index (Phi) is 2.67. The molecule has 0 N–H and O–H groups in total. The number of nitrogens with zero attached hydrogens (tertiary/aromatic N) is 1. The first-order chi connectivity index (χ1) is 7.89. The van der Waals surface area contributed by atoms with Crippen LogP contribution in [0, 0.1) is 5.92 Å². The first-order valence-corrected chi connectivity index (χ1v) is 5.39. The molecule has 0 aliphatic carbocycles. The molecule has 0 saturated carbocycles. The fraction of sp³-hybridized carbons (Fsp3) is 0.700. The molecule has 94 valence electrons. The fourth-order valence-corrected chi connectivity index (χ4v) is 2.40. The maximum atomic E-state index is 11.9. The third-order valence-electron chi connectivity index (χ3n) is 3.17. The van der Waals surface area contributed by atoms with Crippen molar-refractivity contribution in [1.82, 2.24) is 0 Å². The predicted molar refractivity (Wildman–Crippen MR) is 57.6 cm³/mol. The summed E-state index contributed by atoms with van der Waals surface area (Å²) in [6.45, 7) is 1.60. The number of hydrogen-bond acceptors (Lipinski definition) is 6. The third kappa shape index (κ3) is 1.47. The topological polar surface area (TPSA) is 74.2 Å². The Morgan fingerprint density at radius 3 is 2.76 bits per heavy atom. The molecule has 0 aromatic heterocycles. The summed E-state index contributed by atoms with van der Waals surface area (Å²) in [4.78, 5) is 27.6. The van der Waals surface area contributed by atoms with Gasteiger partial charge in [0.25, 0.3) is 5.72 Å². The number of hydrogen-bond donors (Lipinski definition) is 0. The van der Waals surface area contributed by atoms with E-state index in [1.807, 2.05) is 0 Å². The normalized spacial score (nSPS) is 39.6. The van der Waals surface area contributed by atoms with Crippen LogP contribution < -0.4 is 0 Å². The third-order valence-corrected chi connectivity index (χ3v) is 3.66. The highest BCUT2D eigenvalue weighted by Crippen LogP contribution is 2.46. The first-order valence-electron chi connectivity index (χ1n) is 5.02. The number of ether oxygens (including phenoxy) is 3. The lowest BCUT2D eigenvalue weighted by atomic mass is 9.78. The van der Waals surface area contributed by atoms with Crippen molar-refractivity contribution in [1.29, 1.82) is 0 Å². The summed E-state index contributed by atoms with van der Waals surface area (Å²) in [7, 11) is 2.52. The van der Waals surface area contributed by atoms with Crippen molar-refractivity contribution in [2.75, 3.05) is 14.2 Å². The van der Waals surface area contributed by atoms with Gasteiger partial charge in [-0.1, -0.05) is 11.6 Å². The lowest BCUT2D eigenvalue weighted by Crippen LogP contribution is -2.65. The van der Waals surface area contributed by atoms with E-state index in [4.69, 9.17) is 21.1 Å². The van der Waals surface area contributed by atoms with Crippen molar-refractivity contribution in [3.05, 3.63) is 0 Å². The van der Waals surface area contributed by atoms with Gasteiger partial charge in [0.15, 0.2) is 5.60 Å². The van der Waals surface area contributed by atoms with E-state index in [0.29, 0.717) is 0 Å². The Morgan fingerprint density at radius 2 is 2.24 bits per heavy atom. The monoisotopic (exact) mass is 261 g/mol. The molecule has 3 aliphatic heterocycles. The average molecular weight is 262 g/mol. The molecule has 3 aliphatic rings. The molecule has 0 amide bonds. The minimum atomic E-state index is -1.71. The van der Waals surface area contributed by atoms with E-state index in [-0.39, 0.29) is 11.6 Å². The highest BCUT2D eigenvalue weighted by molar-refractivity contribution is 6.67. The molecule has 17 heavy (non-hydrogen) atoms. The maximum absolute atomic E-state index is 11.9. The van der Waals surface area contributed by atoms with Crippen LogP contribution in [0.5, 0.6) is 0 Å². The quantitative estimate of drug-likeness (QED) is 0.676. The van der Waals surface area contributed by atoms with Gasteiger partial charge in [-0.3, -0.25) is 4.79 Å². The molecular formula is C10H12ClNO5. The second kappa shape index (κ2) is 3.68. The molecule has 0 aromatic rings. The van der Waals surface area contributed by atoms with Crippen LogP contribution in [0.15, 0.2) is 4.99 Å². The van der Waals surface area contributed by atoms with Crippen molar-refractivity contribution in [3.63, 3.8) is 0 Å². The number of fused-ring (bicyclic) bond motifs is 2. The lowest BCUT2D eigenvalue weighted by Gasteiger charge is -2.48. The zero-order valence-electron chi connectivity index (χ0n) is 9.65. The van der Waals surface area contributed by atoms with Gasteiger partial charge in [0, 0.05) is 13.5 Å². The molecule has 3 atom stereocenters. The average Bonchev–Trinajstić information content (AvgIpc) is 2.30. The first kappa shape index (κ1) is 12.3. The van der Waals surface area contributed by atoms with Crippen LogP contribution in [0.1, 0.15) is 13.3 Å². The molecule has 3 heterocycles. The Labute approximate surface area is 103 Å². The summed E-state index contributed by atoms with van der Waals surface area (Å²) in [5.74, 6) is -2.12. The van der Waals surface area contributed by atoms with E-state index in [1.54, 1.807) is 6.92 Å². The number of carbonyl (C=O) groups excluding carboxylic acids is 2. The fourth-order valence-electron chi connectivity index (χ4n) is 2.16. The van der Waals surface area contributed by atoms with Crippen molar-refractivity contribution >= 4 is 28.7 Å². The summed E-state index contributed by atoms with van der Waals surface area (Å²) >= 11 is 5.94. The Morgan fingerprint density at radius 1 is 1.59 bits per heavy atom. The van der Waals surface area contributed by atoms with E-state index in [0.717, 1.165) is 0 Å². The van der Waals surface area contributed by atoms with Gasteiger partial charge in [0.2, 0.25) is 0 Å². The molecular weight excluding hydrogens is 250 g/mol. The highest BCUT2D eigenvalue weighted by atomic mass is 35.5. The van der Waals surface area contributed by atoms with Crippen LogP contribution in [0.25, 0.3) is 0 Å². The number of carbonyl (C=O) groups is 2. The molecule has 0 radical (unpaired) electrons. The van der Waals surface area contributed by atoms with Gasteiger partial charge < -0.3 is 14.2 Å². The summed E-state index contributed by atoms with van der Waals surface area (Å²) in [5, 5.41) is 0.124. The lowest BCUT2D eigenvalue weighted by molar-refractivity contribution is -0.213. The number of esters is 2. The van der Waals surface area contributed by atoms with E-state index >= 15 is 0 Å². The predicted octanol–water partition coefficient (Wildman–Crippen LogP) is 0.475. The van der Waals surface area contributed by atoms with E-state index in [1.165, 1.54) is 14.2 Å². The molecule has 2 bridgehead atoms. The zero-order valence-corrected chi connectivity index (χ0v) is 10.4. The Bertz CT molecular complexity index is 423. The van der Waals surface area contributed by atoms with Crippen molar-refractivity contribution in [3.8, 4) is 0 Å². The van der Waals surface area contributed by atoms with Crippen molar-refractivity contribution in [2.45, 2.75) is 24.7 Å². The van der Waals surface area contributed by atoms with E-state index in [9.17, 15) is 9.59 Å². The van der Waals surface area contributed by atoms with Crippen molar-refractivity contribution in [2.24, 2.45) is 10.9 Å². The van der Waals surface area contributed by atoms with Crippen LogP contribution in [-0.4, -0.2) is 42.7 Å². The number of aliphatic imine (C=N–C) groups is 1. The minimum Gasteiger partial charge on any atom is -0.469 e.